The van der Waals surface area contributed by atoms with Gasteiger partial charge in [0.25, 0.3) is 0 Å². The number of piperazine rings is 1. The molecule has 24 heavy (non-hydrogen) atoms. The Balaban J connectivity index is 1.86. The Hall–Kier alpha value is -1.69. The number of pyridine rings is 1. The van der Waals surface area contributed by atoms with Gasteiger partial charge in [-0.1, -0.05) is 6.07 Å². The smallest absolute Gasteiger partial charge is 0.194 e. The molecule has 1 aliphatic rings. The molecule has 1 aromatic heterocycles. The second-order valence-electron chi connectivity index (χ2n) is 6.83. The number of nitrogens with one attached hydrogen (secondary N) is 1. The summed E-state index contributed by atoms with van der Waals surface area (Å²) in [5.41, 5.74) is 5.32. The number of hydrogen-bond acceptors (Lipinski definition) is 4. The fourth-order valence-corrected chi connectivity index (χ4v) is 3.49. The molecule has 0 spiro atoms. The van der Waals surface area contributed by atoms with Gasteiger partial charge in [-0.05, 0) is 38.0 Å². The van der Waals surface area contributed by atoms with Crippen LogP contribution in [0.5, 0.6) is 0 Å². The molecule has 3 rings (SSSR count). The van der Waals surface area contributed by atoms with Gasteiger partial charge in [0.1, 0.15) is 0 Å². The van der Waals surface area contributed by atoms with Gasteiger partial charge in [0.05, 0.1) is 12.1 Å². The lowest BCUT2D eigenvalue weighted by Crippen LogP contribution is -2.47. The fraction of sp³-hybridized carbons (Fsp3) is 0.526. The molecule has 0 radical (unpaired) electrons. The average Bonchev–Trinajstić information content (AvgIpc) is 2.57. The van der Waals surface area contributed by atoms with Crippen molar-refractivity contribution in [2.75, 3.05) is 39.3 Å². The molecule has 0 atom stereocenters. The van der Waals surface area contributed by atoms with Crippen LogP contribution in [0.15, 0.2) is 16.9 Å². The third-order valence-corrected chi connectivity index (χ3v) is 5.28. The van der Waals surface area contributed by atoms with E-state index in [-0.39, 0.29) is 12.0 Å². The number of aliphatic hydroxyl groups excluding tert-OH is 1. The number of β-amino-alcohol motifs (C(OH)–C–C–N with tert-alkyl or cyclic N) is 1. The van der Waals surface area contributed by atoms with Crippen molar-refractivity contribution >= 4 is 10.9 Å². The van der Waals surface area contributed by atoms with E-state index in [1.165, 1.54) is 5.56 Å². The van der Waals surface area contributed by atoms with Crippen molar-refractivity contribution in [1.29, 1.82) is 0 Å². The van der Waals surface area contributed by atoms with Gasteiger partial charge in [-0.2, -0.15) is 0 Å². The summed E-state index contributed by atoms with van der Waals surface area (Å²) in [6.07, 6.45) is 0. The molecule has 5 heteroatoms. The second-order valence-corrected chi connectivity index (χ2v) is 6.83. The first-order valence-corrected chi connectivity index (χ1v) is 8.68. The topological polar surface area (TPSA) is 59.6 Å². The summed E-state index contributed by atoms with van der Waals surface area (Å²) in [5.74, 6) is 0. The Labute approximate surface area is 142 Å². The number of benzene rings is 1. The zero-order valence-electron chi connectivity index (χ0n) is 14.9. The van der Waals surface area contributed by atoms with Crippen LogP contribution in [0.3, 0.4) is 0 Å². The largest absolute Gasteiger partial charge is 0.395 e. The van der Waals surface area contributed by atoms with Crippen LogP contribution < -0.4 is 5.43 Å². The van der Waals surface area contributed by atoms with E-state index in [1.807, 2.05) is 19.1 Å². The molecule has 0 saturated carbocycles. The molecule has 2 N–H and O–H groups in total. The molecule has 0 amide bonds. The number of rotatable bonds is 4. The monoisotopic (exact) mass is 329 g/mol. The molecule has 0 unspecified atom stereocenters. The number of H-pyrrole nitrogens is 1. The molecule has 2 aromatic rings. The highest BCUT2D eigenvalue weighted by atomic mass is 16.3. The summed E-state index contributed by atoms with van der Waals surface area (Å²) in [7, 11) is 0. The number of aliphatic hydroxyl groups is 1. The van der Waals surface area contributed by atoms with Crippen LogP contribution in [0, 0.1) is 20.8 Å². The zero-order chi connectivity index (χ0) is 17.3. The highest BCUT2D eigenvalue weighted by molar-refractivity contribution is 5.83. The van der Waals surface area contributed by atoms with Crippen LogP contribution in [0.25, 0.3) is 10.9 Å². The minimum absolute atomic E-state index is 0.155. The highest BCUT2D eigenvalue weighted by Gasteiger charge is 2.19. The summed E-state index contributed by atoms with van der Waals surface area (Å²) in [6, 6.07) is 3.97. The number of aryl methyl sites for hydroxylation is 3. The first-order valence-electron chi connectivity index (χ1n) is 8.68. The predicted molar refractivity (Wildman–Crippen MR) is 97.6 cm³/mol. The molecule has 1 saturated heterocycles. The van der Waals surface area contributed by atoms with Crippen molar-refractivity contribution in [2.24, 2.45) is 0 Å². The van der Waals surface area contributed by atoms with Crippen molar-refractivity contribution < 1.29 is 5.11 Å². The van der Waals surface area contributed by atoms with Crippen molar-refractivity contribution in [3.05, 3.63) is 44.7 Å². The third-order valence-electron chi connectivity index (χ3n) is 5.28. The van der Waals surface area contributed by atoms with Crippen LogP contribution in [-0.2, 0) is 6.54 Å². The van der Waals surface area contributed by atoms with E-state index < -0.39 is 0 Å². The van der Waals surface area contributed by atoms with Crippen molar-refractivity contribution in [3.8, 4) is 0 Å². The van der Waals surface area contributed by atoms with E-state index in [0.29, 0.717) is 6.54 Å². The van der Waals surface area contributed by atoms with Gasteiger partial charge in [-0.3, -0.25) is 14.6 Å². The Bertz CT molecular complexity index is 789. The summed E-state index contributed by atoms with van der Waals surface area (Å²) >= 11 is 0. The van der Waals surface area contributed by atoms with Crippen LogP contribution >= 0.6 is 0 Å². The average molecular weight is 329 g/mol. The summed E-state index contributed by atoms with van der Waals surface area (Å²) in [4.78, 5) is 21.0. The minimum Gasteiger partial charge on any atom is -0.395 e. The van der Waals surface area contributed by atoms with Gasteiger partial charge in [0, 0.05) is 55.9 Å². The van der Waals surface area contributed by atoms with Crippen LogP contribution in [-0.4, -0.2) is 59.2 Å². The normalized spacial score (nSPS) is 16.8. The Morgan fingerprint density at radius 3 is 2.42 bits per heavy atom. The van der Waals surface area contributed by atoms with Gasteiger partial charge in [-0.25, -0.2) is 0 Å². The van der Waals surface area contributed by atoms with E-state index in [9.17, 15) is 4.79 Å². The minimum atomic E-state index is 0.155. The van der Waals surface area contributed by atoms with E-state index in [2.05, 4.69) is 28.6 Å². The SMILES string of the molecule is Cc1ccc2c(=O)c(CN3CCN(CCO)CC3)c(C)[nH]c2c1C. The van der Waals surface area contributed by atoms with Crippen molar-refractivity contribution in [1.82, 2.24) is 14.8 Å². The molecule has 1 aliphatic heterocycles. The predicted octanol–water partition coefficient (Wildman–Crippen LogP) is 1.56. The standard InChI is InChI=1S/C19H27N3O2/c1-13-4-5-16-18(14(13)2)20-15(3)17(19(16)24)12-22-8-6-21(7-9-22)10-11-23/h4-5,23H,6-12H2,1-3H3,(H,20,24). The second kappa shape index (κ2) is 7.05. The fourth-order valence-electron chi connectivity index (χ4n) is 3.49. The maximum Gasteiger partial charge on any atom is 0.194 e. The van der Waals surface area contributed by atoms with Crippen molar-refractivity contribution in [3.63, 3.8) is 0 Å². The maximum absolute atomic E-state index is 13.0. The molecule has 5 nitrogen and oxygen atoms in total. The summed E-state index contributed by atoms with van der Waals surface area (Å²) in [5, 5.41) is 9.82. The van der Waals surface area contributed by atoms with Crippen molar-refractivity contribution in [2.45, 2.75) is 27.3 Å². The molecule has 1 aromatic carbocycles. The van der Waals surface area contributed by atoms with Gasteiger partial charge in [-0.15, -0.1) is 0 Å². The first kappa shape index (κ1) is 17.1. The molecular weight excluding hydrogens is 302 g/mol. The van der Waals surface area contributed by atoms with Crippen LogP contribution in [0.2, 0.25) is 0 Å². The van der Waals surface area contributed by atoms with E-state index in [1.54, 1.807) is 0 Å². The van der Waals surface area contributed by atoms with Crippen LogP contribution in [0.1, 0.15) is 22.4 Å². The molecular formula is C19H27N3O2. The number of nitrogens with zero attached hydrogens (tertiary/aromatic N) is 2. The first-order chi connectivity index (χ1) is 11.5. The number of fused-ring (bicyclic) bond motifs is 1. The van der Waals surface area contributed by atoms with E-state index >= 15 is 0 Å². The number of aromatic amines is 1. The number of aromatic nitrogens is 1. The Kier molecular flexibility index (Phi) is 5.04. The maximum atomic E-state index is 13.0. The lowest BCUT2D eigenvalue weighted by molar-refractivity contribution is 0.108. The molecule has 2 heterocycles. The quantitative estimate of drug-likeness (QED) is 0.894. The zero-order valence-corrected chi connectivity index (χ0v) is 14.9. The van der Waals surface area contributed by atoms with E-state index in [0.717, 1.165) is 60.4 Å². The Morgan fingerprint density at radius 2 is 1.75 bits per heavy atom. The highest BCUT2D eigenvalue weighted by Crippen LogP contribution is 2.19. The van der Waals surface area contributed by atoms with Gasteiger partial charge in [0.2, 0.25) is 0 Å². The molecule has 1 fully saturated rings. The lowest BCUT2D eigenvalue weighted by Gasteiger charge is -2.34. The molecule has 130 valence electrons. The summed E-state index contributed by atoms with van der Waals surface area (Å²) < 4.78 is 0. The Morgan fingerprint density at radius 1 is 1.08 bits per heavy atom. The number of hydrogen-bond donors (Lipinski definition) is 2. The summed E-state index contributed by atoms with van der Waals surface area (Å²) in [6.45, 7) is 11.5. The van der Waals surface area contributed by atoms with Crippen LogP contribution in [0.4, 0.5) is 0 Å². The van der Waals surface area contributed by atoms with Gasteiger partial charge < -0.3 is 10.1 Å². The van der Waals surface area contributed by atoms with E-state index in [4.69, 9.17) is 5.11 Å². The third kappa shape index (κ3) is 3.24. The lowest BCUT2D eigenvalue weighted by atomic mass is 10.0. The van der Waals surface area contributed by atoms with Gasteiger partial charge in [0.15, 0.2) is 5.43 Å². The van der Waals surface area contributed by atoms with Gasteiger partial charge >= 0.3 is 0 Å². The molecule has 0 bridgehead atoms. The molecule has 0 aliphatic carbocycles.